The van der Waals surface area contributed by atoms with Crippen LogP contribution in [0.3, 0.4) is 0 Å². The van der Waals surface area contributed by atoms with E-state index in [2.05, 4.69) is 5.32 Å². The van der Waals surface area contributed by atoms with Gasteiger partial charge in [-0.2, -0.15) is 0 Å². The van der Waals surface area contributed by atoms with Gasteiger partial charge in [0, 0.05) is 25.4 Å². The normalized spacial score (nSPS) is 18.0. The van der Waals surface area contributed by atoms with Crippen LogP contribution in [0.5, 0.6) is 5.75 Å². The Balaban J connectivity index is 1.89. The third kappa shape index (κ3) is 6.19. The molecule has 0 bridgehead atoms. The number of nitrogens with two attached hydrogens (primary N) is 1. The van der Waals surface area contributed by atoms with Gasteiger partial charge in [-0.3, -0.25) is 9.59 Å². The fourth-order valence-corrected chi connectivity index (χ4v) is 3.43. The monoisotopic (exact) mass is 405 g/mol. The first-order chi connectivity index (χ1) is 13.7. The summed E-state index contributed by atoms with van der Waals surface area (Å²) in [6, 6.07) is 4.63. The Morgan fingerprint density at radius 3 is 2.31 bits per heavy atom. The van der Waals surface area contributed by atoms with E-state index in [1.54, 1.807) is 17.0 Å². The molecule has 2 amide bonds. The van der Waals surface area contributed by atoms with Crippen molar-refractivity contribution in [3.8, 4) is 5.75 Å². The molecule has 160 valence electrons. The van der Waals surface area contributed by atoms with E-state index in [9.17, 15) is 24.6 Å². The number of amides is 2. The number of likely N-dealkylation sites (tertiary alicyclic amines) is 1. The van der Waals surface area contributed by atoms with E-state index < -0.39 is 18.1 Å². The Bertz CT molecular complexity index is 714. The Morgan fingerprint density at radius 2 is 1.79 bits per heavy atom. The van der Waals surface area contributed by atoms with Crippen molar-refractivity contribution in [1.29, 1.82) is 0 Å². The minimum Gasteiger partial charge on any atom is -0.508 e. The zero-order valence-corrected chi connectivity index (χ0v) is 17.0. The maximum atomic E-state index is 12.6. The highest BCUT2D eigenvalue weighted by molar-refractivity contribution is 5.86. The van der Waals surface area contributed by atoms with Crippen molar-refractivity contribution >= 4 is 17.8 Å². The molecule has 0 radical (unpaired) electrons. The van der Waals surface area contributed by atoms with E-state index in [1.165, 1.54) is 12.1 Å². The lowest BCUT2D eigenvalue weighted by Crippen LogP contribution is -2.52. The van der Waals surface area contributed by atoms with Crippen LogP contribution in [0.4, 0.5) is 0 Å². The molecule has 2 rings (SSSR count). The lowest BCUT2D eigenvalue weighted by molar-refractivity contribution is -0.143. The van der Waals surface area contributed by atoms with Crippen LogP contribution >= 0.6 is 0 Å². The van der Waals surface area contributed by atoms with Crippen LogP contribution in [-0.2, 0) is 20.8 Å². The number of hydrogen-bond acceptors (Lipinski definition) is 5. The first-order valence-electron chi connectivity index (χ1n) is 10.1. The number of nitrogens with zero attached hydrogens (tertiary/aromatic N) is 1. The molecule has 1 unspecified atom stereocenters. The summed E-state index contributed by atoms with van der Waals surface area (Å²) in [5.41, 5.74) is 6.73. The number of rotatable bonds is 8. The molecule has 5 N–H and O–H groups in total. The Labute approximate surface area is 171 Å². The van der Waals surface area contributed by atoms with Gasteiger partial charge >= 0.3 is 5.97 Å². The van der Waals surface area contributed by atoms with Gasteiger partial charge in [-0.1, -0.05) is 32.4 Å². The Hall–Kier alpha value is -2.61. The zero-order chi connectivity index (χ0) is 21.6. The van der Waals surface area contributed by atoms with E-state index >= 15 is 0 Å². The van der Waals surface area contributed by atoms with Gasteiger partial charge in [-0.25, -0.2) is 4.79 Å². The molecule has 3 atom stereocenters. The maximum absolute atomic E-state index is 12.6. The summed E-state index contributed by atoms with van der Waals surface area (Å²) in [6.45, 7) is 4.82. The second-order valence-corrected chi connectivity index (χ2v) is 7.78. The lowest BCUT2D eigenvalue weighted by Gasteiger charge is -2.34. The minimum absolute atomic E-state index is 0.0889. The van der Waals surface area contributed by atoms with Crippen LogP contribution < -0.4 is 11.1 Å². The van der Waals surface area contributed by atoms with Crippen molar-refractivity contribution in [3.05, 3.63) is 29.8 Å². The quantitative estimate of drug-likeness (QED) is 0.512. The van der Waals surface area contributed by atoms with Crippen molar-refractivity contribution in [3.63, 3.8) is 0 Å². The molecule has 1 aliphatic heterocycles. The first kappa shape index (κ1) is 22.7. The number of carboxylic acid groups (broad SMARTS) is 1. The standard InChI is InChI=1S/C21H31N3O5/c1-3-13(2)18(22)20(27)24-10-8-15(9-11-24)19(26)23-17(21(28)29)12-14-4-6-16(25)7-5-14/h4-7,13,15,17-18,25H,3,8-12,22H2,1-2H3,(H,23,26)(H,28,29)/t13?,17-,18-/m0/s1. The predicted octanol–water partition coefficient (Wildman–Crippen LogP) is 1.12. The summed E-state index contributed by atoms with van der Waals surface area (Å²) >= 11 is 0. The molecule has 8 nitrogen and oxygen atoms in total. The average molecular weight is 405 g/mol. The van der Waals surface area contributed by atoms with Crippen molar-refractivity contribution in [2.75, 3.05) is 13.1 Å². The first-order valence-corrected chi connectivity index (χ1v) is 10.1. The highest BCUT2D eigenvalue weighted by Crippen LogP contribution is 2.20. The van der Waals surface area contributed by atoms with Gasteiger partial charge in [0.2, 0.25) is 11.8 Å². The second kappa shape index (κ2) is 10.2. The van der Waals surface area contributed by atoms with Crippen LogP contribution in [0.2, 0.25) is 0 Å². The number of piperidine rings is 1. The van der Waals surface area contributed by atoms with Crippen LogP contribution in [0.1, 0.15) is 38.7 Å². The smallest absolute Gasteiger partial charge is 0.326 e. The van der Waals surface area contributed by atoms with E-state index in [0.29, 0.717) is 31.5 Å². The third-order valence-corrected chi connectivity index (χ3v) is 5.71. The van der Waals surface area contributed by atoms with E-state index in [1.807, 2.05) is 13.8 Å². The van der Waals surface area contributed by atoms with Crippen LogP contribution in [0.15, 0.2) is 24.3 Å². The summed E-state index contributed by atoms with van der Waals surface area (Å²) in [4.78, 5) is 38.3. The van der Waals surface area contributed by atoms with Gasteiger partial charge in [-0.05, 0) is 36.5 Å². The summed E-state index contributed by atoms with van der Waals surface area (Å²) in [6.07, 6.45) is 1.92. The number of phenolic OH excluding ortho intramolecular Hbond substituents is 1. The number of benzene rings is 1. The molecule has 1 aromatic rings. The van der Waals surface area contributed by atoms with Crippen molar-refractivity contribution < 1.29 is 24.6 Å². The highest BCUT2D eigenvalue weighted by Gasteiger charge is 2.32. The molecule has 0 spiro atoms. The number of aliphatic carboxylic acids is 1. The maximum Gasteiger partial charge on any atom is 0.326 e. The molecule has 1 aliphatic rings. The molecule has 1 heterocycles. The number of carbonyl (C=O) groups excluding carboxylic acids is 2. The van der Waals surface area contributed by atoms with Gasteiger partial charge in [-0.15, -0.1) is 0 Å². The van der Waals surface area contributed by atoms with Gasteiger partial charge in [0.1, 0.15) is 11.8 Å². The van der Waals surface area contributed by atoms with Gasteiger partial charge in [0.15, 0.2) is 0 Å². The molecule has 0 saturated carbocycles. The number of aromatic hydroxyl groups is 1. The van der Waals surface area contributed by atoms with Crippen LogP contribution in [-0.4, -0.2) is 58.1 Å². The average Bonchev–Trinajstić information content (AvgIpc) is 2.73. The van der Waals surface area contributed by atoms with E-state index in [4.69, 9.17) is 5.73 Å². The number of phenols is 1. The molecule has 1 fully saturated rings. The minimum atomic E-state index is -1.11. The fraction of sp³-hybridized carbons (Fsp3) is 0.571. The number of carbonyl (C=O) groups is 3. The van der Waals surface area contributed by atoms with Gasteiger partial charge in [0.25, 0.3) is 0 Å². The van der Waals surface area contributed by atoms with Crippen LogP contribution in [0, 0.1) is 11.8 Å². The number of carboxylic acids is 1. The summed E-state index contributed by atoms with van der Waals surface area (Å²) in [5.74, 6) is -1.65. The number of hydrogen-bond donors (Lipinski definition) is 4. The SMILES string of the molecule is CCC(C)[C@H](N)C(=O)N1CCC(C(=O)N[C@@H](Cc2ccc(O)cc2)C(=O)O)CC1. The lowest BCUT2D eigenvalue weighted by atomic mass is 9.93. The molecular weight excluding hydrogens is 374 g/mol. The summed E-state index contributed by atoms with van der Waals surface area (Å²) in [7, 11) is 0. The van der Waals surface area contributed by atoms with Crippen LogP contribution in [0.25, 0.3) is 0 Å². The predicted molar refractivity (Wildman–Crippen MR) is 108 cm³/mol. The highest BCUT2D eigenvalue weighted by atomic mass is 16.4. The van der Waals surface area contributed by atoms with E-state index in [0.717, 1.165) is 6.42 Å². The molecule has 29 heavy (non-hydrogen) atoms. The Kier molecular flexibility index (Phi) is 8.01. The van der Waals surface area contributed by atoms with Crippen molar-refractivity contribution in [1.82, 2.24) is 10.2 Å². The molecule has 0 aromatic heterocycles. The second-order valence-electron chi connectivity index (χ2n) is 7.78. The third-order valence-electron chi connectivity index (χ3n) is 5.71. The molecule has 1 aromatic carbocycles. The van der Waals surface area contributed by atoms with Crippen molar-refractivity contribution in [2.45, 2.75) is 51.6 Å². The zero-order valence-electron chi connectivity index (χ0n) is 17.0. The molecule has 8 heteroatoms. The fourth-order valence-electron chi connectivity index (χ4n) is 3.43. The Morgan fingerprint density at radius 1 is 1.21 bits per heavy atom. The molecule has 1 saturated heterocycles. The number of nitrogens with one attached hydrogen (secondary N) is 1. The topological polar surface area (TPSA) is 133 Å². The van der Waals surface area contributed by atoms with E-state index in [-0.39, 0.29) is 35.8 Å². The summed E-state index contributed by atoms with van der Waals surface area (Å²) < 4.78 is 0. The largest absolute Gasteiger partial charge is 0.508 e. The van der Waals surface area contributed by atoms with Gasteiger partial charge < -0.3 is 26.2 Å². The molecular formula is C21H31N3O5. The summed E-state index contributed by atoms with van der Waals surface area (Å²) in [5, 5.41) is 21.4. The molecule has 0 aliphatic carbocycles. The van der Waals surface area contributed by atoms with Gasteiger partial charge in [0.05, 0.1) is 6.04 Å². The van der Waals surface area contributed by atoms with Crippen molar-refractivity contribution in [2.24, 2.45) is 17.6 Å².